The molecular weight excluding hydrogens is 232 g/mol. The molecule has 2 heteroatoms. The number of H-pyrrole nitrogens is 1. The fraction of sp³-hybridized carbons (Fsp3) is 0. The lowest BCUT2D eigenvalue weighted by Crippen LogP contribution is -1.72. The molecule has 1 N–H and O–H groups in total. The minimum atomic E-state index is 1.21. The third-order valence-corrected chi connectivity index (χ3v) is 3.03. The fourth-order valence-corrected chi connectivity index (χ4v) is 2.13. The molecule has 4 aromatic rings. The molecule has 19 heavy (non-hydrogen) atoms. The molecule has 2 aromatic heterocycles. The zero-order valence-electron chi connectivity index (χ0n) is 10.5. The van der Waals surface area contributed by atoms with E-state index < -0.39 is 0 Å². The summed E-state index contributed by atoms with van der Waals surface area (Å²) in [6.07, 6.45) is 5.48. The minimum absolute atomic E-state index is 1.21. The summed E-state index contributed by atoms with van der Waals surface area (Å²) in [4.78, 5) is 7.00. The molecule has 2 heterocycles. The van der Waals surface area contributed by atoms with Gasteiger partial charge in [0.25, 0.3) is 0 Å². The van der Waals surface area contributed by atoms with Gasteiger partial charge in [-0.2, -0.15) is 0 Å². The maximum absolute atomic E-state index is 3.78. The quantitative estimate of drug-likeness (QED) is 0.489. The lowest BCUT2D eigenvalue weighted by Gasteiger charge is -1.97. The number of nitrogens with zero attached hydrogens (tertiary/aromatic N) is 1. The van der Waals surface area contributed by atoms with E-state index in [-0.39, 0.29) is 0 Å². The topological polar surface area (TPSA) is 28.7 Å². The third-order valence-electron chi connectivity index (χ3n) is 3.03. The molecule has 0 atom stereocenters. The van der Waals surface area contributed by atoms with E-state index in [0.717, 1.165) is 0 Å². The van der Waals surface area contributed by atoms with Gasteiger partial charge in [-0.05, 0) is 35.0 Å². The van der Waals surface area contributed by atoms with Gasteiger partial charge >= 0.3 is 0 Å². The van der Waals surface area contributed by atoms with Gasteiger partial charge in [0.1, 0.15) is 0 Å². The first-order chi connectivity index (χ1) is 9.45. The zero-order chi connectivity index (χ0) is 12.9. The van der Waals surface area contributed by atoms with Gasteiger partial charge in [-0.1, -0.05) is 36.4 Å². The first-order valence-corrected chi connectivity index (χ1v) is 6.25. The van der Waals surface area contributed by atoms with Crippen molar-refractivity contribution in [3.8, 4) is 0 Å². The van der Waals surface area contributed by atoms with Gasteiger partial charge in [0.15, 0.2) is 0 Å². The second-order valence-corrected chi connectivity index (χ2v) is 4.25. The number of benzene rings is 2. The van der Waals surface area contributed by atoms with Gasteiger partial charge in [0.2, 0.25) is 0 Å². The number of rotatable bonds is 0. The molecule has 2 aromatic carbocycles. The molecule has 0 bridgehead atoms. The van der Waals surface area contributed by atoms with Crippen molar-refractivity contribution in [1.82, 2.24) is 9.97 Å². The first kappa shape index (κ1) is 11.5. The van der Waals surface area contributed by atoms with Crippen LogP contribution in [-0.2, 0) is 0 Å². The van der Waals surface area contributed by atoms with Gasteiger partial charge in [0, 0.05) is 29.5 Å². The van der Waals surface area contributed by atoms with Gasteiger partial charge < -0.3 is 4.98 Å². The van der Waals surface area contributed by atoms with Crippen molar-refractivity contribution in [3.05, 3.63) is 79.3 Å². The van der Waals surface area contributed by atoms with Gasteiger partial charge in [-0.15, -0.1) is 0 Å². The van der Waals surface area contributed by atoms with Crippen LogP contribution in [0.1, 0.15) is 0 Å². The van der Waals surface area contributed by atoms with Crippen molar-refractivity contribution in [2.75, 3.05) is 0 Å². The monoisotopic (exact) mass is 246 g/mol. The number of nitrogens with one attached hydrogen (secondary N) is 1. The SMILES string of the molecule is c1ccc2c(c1)ccc1[nH]ccc12.c1ccncc1. The molecule has 0 saturated heterocycles. The summed E-state index contributed by atoms with van der Waals surface area (Å²) in [5.41, 5.74) is 1.21. The van der Waals surface area contributed by atoms with Crippen molar-refractivity contribution in [2.45, 2.75) is 0 Å². The van der Waals surface area contributed by atoms with Crippen molar-refractivity contribution in [2.24, 2.45) is 0 Å². The van der Waals surface area contributed by atoms with Crippen LogP contribution in [0.5, 0.6) is 0 Å². The summed E-state index contributed by atoms with van der Waals surface area (Å²) in [7, 11) is 0. The van der Waals surface area contributed by atoms with E-state index in [1.54, 1.807) is 12.4 Å². The molecule has 0 aliphatic rings. The van der Waals surface area contributed by atoms with E-state index in [4.69, 9.17) is 0 Å². The first-order valence-electron chi connectivity index (χ1n) is 6.25. The second-order valence-electron chi connectivity index (χ2n) is 4.25. The molecule has 0 saturated carbocycles. The summed E-state index contributed by atoms with van der Waals surface area (Å²) in [6, 6.07) is 20.6. The van der Waals surface area contributed by atoms with Crippen molar-refractivity contribution in [1.29, 1.82) is 0 Å². The Kier molecular flexibility index (Phi) is 3.24. The Labute approximate surface area is 111 Å². The second kappa shape index (κ2) is 5.36. The number of hydrogen-bond acceptors (Lipinski definition) is 1. The highest BCUT2D eigenvalue weighted by atomic mass is 14.7. The van der Waals surface area contributed by atoms with Crippen LogP contribution in [0, 0.1) is 0 Å². The van der Waals surface area contributed by atoms with Crippen LogP contribution in [0.2, 0.25) is 0 Å². The molecule has 4 rings (SSSR count). The Morgan fingerprint density at radius 1 is 0.684 bits per heavy atom. The summed E-state index contributed by atoms with van der Waals surface area (Å²) in [6.45, 7) is 0. The van der Waals surface area contributed by atoms with Crippen molar-refractivity contribution < 1.29 is 0 Å². The molecule has 0 radical (unpaired) electrons. The molecular formula is C17H14N2. The molecule has 0 unspecified atom stereocenters. The molecule has 0 aliphatic carbocycles. The Hall–Kier alpha value is -2.61. The highest BCUT2D eigenvalue weighted by molar-refractivity contribution is 6.06. The molecule has 0 aliphatic heterocycles. The third kappa shape index (κ3) is 2.47. The largest absolute Gasteiger partial charge is 0.361 e. The Balaban J connectivity index is 0.000000155. The van der Waals surface area contributed by atoms with Gasteiger partial charge in [-0.25, -0.2) is 0 Å². The predicted octanol–water partition coefficient (Wildman–Crippen LogP) is 4.40. The fourth-order valence-electron chi connectivity index (χ4n) is 2.13. The maximum Gasteiger partial charge on any atom is 0.0460 e. The van der Waals surface area contributed by atoms with E-state index in [9.17, 15) is 0 Å². The van der Waals surface area contributed by atoms with Crippen LogP contribution in [0.3, 0.4) is 0 Å². The van der Waals surface area contributed by atoms with Crippen LogP contribution < -0.4 is 0 Å². The summed E-state index contributed by atoms with van der Waals surface area (Å²) >= 11 is 0. The lowest BCUT2D eigenvalue weighted by molar-refractivity contribution is 1.33. The summed E-state index contributed by atoms with van der Waals surface area (Å²) < 4.78 is 0. The van der Waals surface area contributed by atoms with Crippen LogP contribution >= 0.6 is 0 Å². The van der Waals surface area contributed by atoms with E-state index >= 15 is 0 Å². The molecule has 2 nitrogen and oxygen atoms in total. The molecule has 92 valence electrons. The minimum Gasteiger partial charge on any atom is -0.361 e. The Morgan fingerprint density at radius 3 is 2.26 bits per heavy atom. The van der Waals surface area contributed by atoms with Crippen molar-refractivity contribution >= 4 is 21.7 Å². The number of pyridine rings is 1. The predicted molar refractivity (Wildman–Crippen MR) is 80.0 cm³/mol. The van der Waals surface area contributed by atoms with Crippen LogP contribution in [0.25, 0.3) is 21.7 Å². The van der Waals surface area contributed by atoms with Crippen LogP contribution in [0.4, 0.5) is 0 Å². The van der Waals surface area contributed by atoms with E-state index in [1.807, 2.05) is 24.4 Å². The van der Waals surface area contributed by atoms with Gasteiger partial charge in [-0.3, -0.25) is 4.98 Å². The standard InChI is InChI=1S/C12H9N.C5H5N/c1-2-4-10-9(3-1)5-6-12-11(10)7-8-13-12;1-2-4-6-5-3-1/h1-8,13H;1-5H. The summed E-state index contributed by atoms with van der Waals surface area (Å²) in [5, 5.41) is 3.92. The molecule has 0 spiro atoms. The molecule has 0 fully saturated rings. The highest BCUT2D eigenvalue weighted by Crippen LogP contribution is 2.23. The van der Waals surface area contributed by atoms with E-state index in [0.29, 0.717) is 0 Å². The Bertz CT molecular complexity index is 746. The van der Waals surface area contributed by atoms with E-state index in [2.05, 4.69) is 52.4 Å². The maximum atomic E-state index is 3.78. The Morgan fingerprint density at radius 2 is 1.53 bits per heavy atom. The van der Waals surface area contributed by atoms with Crippen LogP contribution in [-0.4, -0.2) is 9.97 Å². The average molecular weight is 246 g/mol. The number of aromatic nitrogens is 2. The number of fused-ring (bicyclic) bond motifs is 3. The highest BCUT2D eigenvalue weighted by Gasteiger charge is 1.98. The zero-order valence-corrected chi connectivity index (χ0v) is 10.5. The normalized spacial score (nSPS) is 10.1. The number of aromatic amines is 1. The number of hydrogen-bond donors (Lipinski definition) is 1. The van der Waals surface area contributed by atoms with Crippen LogP contribution in [0.15, 0.2) is 79.3 Å². The van der Waals surface area contributed by atoms with Gasteiger partial charge in [0.05, 0.1) is 0 Å². The lowest BCUT2D eigenvalue weighted by atomic mass is 10.1. The average Bonchev–Trinajstić information content (AvgIpc) is 2.99. The summed E-state index contributed by atoms with van der Waals surface area (Å²) in [5.74, 6) is 0. The smallest absolute Gasteiger partial charge is 0.0460 e. The van der Waals surface area contributed by atoms with Crippen molar-refractivity contribution in [3.63, 3.8) is 0 Å². The molecule has 0 amide bonds. The van der Waals surface area contributed by atoms with E-state index in [1.165, 1.54) is 21.7 Å².